The predicted octanol–water partition coefficient (Wildman–Crippen LogP) is 0.827. The molecule has 1 unspecified atom stereocenters. The summed E-state index contributed by atoms with van der Waals surface area (Å²) in [7, 11) is 0. The Kier molecular flexibility index (Phi) is 4.01. The maximum absolute atomic E-state index is 5.88. The first-order valence-electron chi connectivity index (χ1n) is 6.09. The highest BCUT2D eigenvalue weighted by atomic mass is 35.5. The summed E-state index contributed by atoms with van der Waals surface area (Å²) in [5.41, 5.74) is 6.67. The monoisotopic (exact) mass is 280 g/mol. The average molecular weight is 281 g/mol. The third-order valence-corrected chi connectivity index (χ3v) is 3.33. The molecule has 3 heterocycles. The molecule has 3 N–H and O–H groups in total. The number of nitrogens with two attached hydrogens (primary N) is 1. The Bertz CT molecular complexity index is 575. The van der Waals surface area contributed by atoms with Gasteiger partial charge in [-0.1, -0.05) is 0 Å². The summed E-state index contributed by atoms with van der Waals surface area (Å²) in [6.45, 7) is 5.08. The number of nitrogens with one attached hydrogen (secondary N) is 1. The molecule has 1 aliphatic rings. The molecule has 2 aromatic rings. The number of nitrogens with zero attached hydrogens (tertiary/aromatic N) is 4. The minimum Gasteiger partial charge on any atom is -0.383 e. The average Bonchev–Trinajstić information content (AvgIpc) is 2.40. The van der Waals surface area contributed by atoms with E-state index in [2.05, 4.69) is 32.1 Å². The van der Waals surface area contributed by atoms with Crippen LogP contribution in [0.4, 0.5) is 11.6 Å². The van der Waals surface area contributed by atoms with Gasteiger partial charge < -0.3 is 16.0 Å². The van der Waals surface area contributed by atoms with Crippen LogP contribution in [0.25, 0.3) is 10.9 Å². The van der Waals surface area contributed by atoms with E-state index in [9.17, 15) is 0 Å². The van der Waals surface area contributed by atoms with Crippen molar-refractivity contribution in [2.24, 2.45) is 0 Å². The largest absolute Gasteiger partial charge is 0.383 e. The van der Waals surface area contributed by atoms with Crippen LogP contribution < -0.4 is 16.0 Å². The summed E-state index contributed by atoms with van der Waals surface area (Å²) in [5, 5.41) is 4.23. The number of rotatable bonds is 1. The molecule has 19 heavy (non-hydrogen) atoms. The Morgan fingerprint density at radius 1 is 1.37 bits per heavy atom. The fourth-order valence-corrected chi connectivity index (χ4v) is 2.31. The molecule has 0 aliphatic carbocycles. The van der Waals surface area contributed by atoms with Crippen molar-refractivity contribution in [2.75, 3.05) is 30.3 Å². The molecule has 1 atom stereocenters. The lowest BCUT2D eigenvalue weighted by Gasteiger charge is -2.34. The molecule has 0 aromatic carbocycles. The van der Waals surface area contributed by atoms with Crippen LogP contribution in [-0.4, -0.2) is 40.6 Å². The number of aromatic nitrogens is 3. The SMILES string of the molecule is CC1CNCCN1c1cc2c(N)ncnc2cn1.Cl. The molecule has 1 aliphatic heterocycles. The molecule has 0 bridgehead atoms. The van der Waals surface area contributed by atoms with Gasteiger partial charge in [0.15, 0.2) is 0 Å². The van der Waals surface area contributed by atoms with E-state index in [0.717, 1.165) is 36.4 Å². The van der Waals surface area contributed by atoms with E-state index in [4.69, 9.17) is 5.73 Å². The minimum absolute atomic E-state index is 0. The quantitative estimate of drug-likeness (QED) is 0.805. The van der Waals surface area contributed by atoms with Crippen LogP contribution in [-0.2, 0) is 0 Å². The Hall–Kier alpha value is -1.66. The molecule has 0 amide bonds. The van der Waals surface area contributed by atoms with Crippen LogP contribution in [0.15, 0.2) is 18.6 Å². The van der Waals surface area contributed by atoms with Gasteiger partial charge in [-0.3, -0.25) is 0 Å². The van der Waals surface area contributed by atoms with Crippen LogP contribution in [0, 0.1) is 0 Å². The van der Waals surface area contributed by atoms with Gasteiger partial charge in [0.05, 0.1) is 11.7 Å². The third kappa shape index (κ3) is 2.54. The van der Waals surface area contributed by atoms with Crippen molar-refractivity contribution >= 4 is 34.9 Å². The molecular weight excluding hydrogens is 264 g/mol. The Labute approximate surface area is 117 Å². The first kappa shape index (κ1) is 13.8. The number of anilines is 2. The standard InChI is InChI=1S/C12H16N6.ClH/c1-8-5-14-2-3-18(8)11-4-9-10(6-15-11)16-7-17-12(9)13;/h4,6-8,14H,2-3,5H2,1H3,(H2,13,16,17);1H. The van der Waals surface area contributed by atoms with Crippen molar-refractivity contribution < 1.29 is 0 Å². The fraction of sp³-hybridized carbons (Fsp3) is 0.417. The number of halogens is 1. The van der Waals surface area contributed by atoms with Crippen LogP contribution in [0.3, 0.4) is 0 Å². The van der Waals surface area contributed by atoms with Gasteiger partial charge in [-0.05, 0) is 13.0 Å². The summed E-state index contributed by atoms with van der Waals surface area (Å²) in [5.74, 6) is 1.45. The summed E-state index contributed by atoms with van der Waals surface area (Å²) in [4.78, 5) is 14.9. The normalized spacial score (nSPS) is 19.2. The fourth-order valence-electron chi connectivity index (χ4n) is 2.31. The van der Waals surface area contributed by atoms with Crippen LogP contribution in [0.5, 0.6) is 0 Å². The first-order valence-corrected chi connectivity index (χ1v) is 6.09. The number of pyridine rings is 1. The zero-order chi connectivity index (χ0) is 12.5. The van der Waals surface area contributed by atoms with E-state index in [-0.39, 0.29) is 12.4 Å². The number of nitrogen functional groups attached to an aromatic ring is 1. The van der Waals surface area contributed by atoms with E-state index in [1.165, 1.54) is 6.33 Å². The van der Waals surface area contributed by atoms with Crippen molar-refractivity contribution in [1.29, 1.82) is 0 Å². The molecule has 6 nitrogen and oxygen atoms in total. The first-order chi connectivity index (χ1) is 8.75. The zero-order valence-corrected chi connectivity index (χ0v) is 11.5. The Morgan fingerprint density at radius 3 is 3.00 bits per heavy atom. The van der Waals surface area contributed by atoms with Gasteiger partial charge in [-0.2, -0.15) is 0 Å². The second-order valence-corrected chi connectivity index (χ2v) is 4.57. The molecule has 1 fully saturated rings. The van der Waals surface area contributed by atoms with Crippen molar-refractivity contribution in [3.63, 3.8) is 0 Å². The highest BCUT2D eigenvalue weighted by molar-refractivity contribution is 5.89. The van der Waals surface area contributed by atoms with E-state index < -0.39 is 0 Å². The smallest absolute Gasteiger partial charge is 0.134 e. The summed E-state index contributed by atoms with van der Waals surface area (Å²) in [6, 6.07) is 2.40. The van der Waals surface area contributed by atoms with Gasteiger partial charge in [0, 0.05) is 31.1 Å². The van der Waals surface area contributed by atoms with Crippen LogP contribution >= 0.6 is 12.4 Å². The summed E-state index contributed by atoms with van der Waals surface area (Å²) in [6.07, 6.45) is 3.23. The molecule has 0 radical (unpaired) electrons. The van der Waals surface area contributed by atoms with Crippen molar-refractivity contribution in [3.05, 3.63) is 18.6 Å². The van der Waals surface area contributed by atoms with E-state index in [0.29, 0.717) is 11.9 Å². The molecular formula is C12H17ClN6. The lowest BCUT2D eigenvalue weighted by atomic mass is 10.2. The molecule has 0 saturated carbocycles. The van der Waals surface area contributed by atoms with Gasteiger partial charge in [0.25, 0.3) is 0 Å². The van der Waals surface area contributed by atoms with Crippen molar-refractivity contribution in [3.8, 4) is 0 Å². The second-order valence-electron chi connectivity index (χ2n) is 4.57. The van der Waals surface area contributed by atoms with E-state index in [1.807, 2.05) is 6.07 Å². The summed E-state index contributed by atoms with van der Waals surface area (Å²) < 4.78 is 0. The van der Waals surface area contributed by atoms with E-state index >= 15 is 0 Å². The molecule has 2 aromatic heterocycles. The second kappa shape index (κ2) is 5.54. The number of piperazine rings is 1. The van der Waals surface area contributed by atoms with Crippen LogP contribution in [0.2, 0.25) is 0 Å². The van der Waals surface area contributed by atoms with Gasteiger partial charge >= 0.3 is 0 Å². The highest BCUT2D eigenvalue weighted by Crippen LogP contribution is 2.22. The van der Waals surface area contributed by atoms with Crippen molar-refractivity contribution in [1.82, 2.24) is 20.3 Å². The number of hydrogen-bond donors (Lipinski definition) is 2. The molecule has 3 rings (SSSR count). The molecule has 0 spiro atoms. The molecule has 102 valence electrons. The maximum atomic E-state index is 5.88. The minimum atomic E-state index is 0. The molecule has 7 heteroatoms. The maximum Gasteiger partial charge on any atom is 0.134 e. The summed E-state index contributed by atoms with van der Waals surface area (Å²) >= 11 is 0. The third-order valence-electron chi connectivity index (χ3n) is 3.33. The lowest BCUT2D eigenvalue weighted by molar-refractivity contribution is 0.497. The van der Waals surface area contributed by atoms with Gasteiger partial charge in [-0.25, -0.2) is 15.0 Å². The predicted molar refractivity (Wildman–Crippen MR) is 78.7 cm³/mol. The number of fused-ring (bicyclic) bond motifs is 1. The molecule has 1 saturated heterocycles. The topological polar surface area (TPSA) is 80.0 Å². The number of hydrogen-bond acceptors (Lipinski definition) is 6. The zero-order valence-electron chi connectivity index (χ0n) is 10.7. The van der Waals surface area contributed by atoms with Gasteiger partial charge in [0.1, 0.15) is 18.0 Å². The van der Waals surface area contributed by atoms with Gasteiger partial charge in [-0.15, -0.1) is 12.4 Å². The van der Waals surface area contributed by atoms with Crippen LogP contribution in [0.1, 0.15) is 6.92 Å². The van der Waals surface area contributed by atoms with E-state index in [1.54, 1.807) is 6.20 Å². The Morgan fingerprint density at radius 2 is 2.21 bits per heavy atom. The lowest BCUT2D eigenvalue weighted by Crippen LogP contribution is -2.50. The highest BCUT2D eigenvalue weighted by Gasteiger charge is 2.19. The Balaban J connectivity index is 0.00000133. The van der Waals surface area contributed by atoms with Gasteiger partial charge in [0.2, 0.25) is 0 Å². The van der Waals surface area contributed by atoms with Crippen molar-refractivity contribution in [2.45, 2.75) is 13.0 Å².